The third kappa shape index (κ3) is 1.73. The molecule has 0 aromatic heterocycles. The Balaban J connectivity index is 2.71. The molecule has 0 N–H and O–H groups in total. The van der Waals surface area contributed by atoms with E-state index in [2.05, 4.69) is 31.5 Å². The molecule has 1 aliphatic heterocycles. The van der Waals surface area contributed by atoms with Gasteiger partial charge in [0.2, 0.25) is 0 Å². The van der Waals surface area contributed by atoms with Crippen molar-refractivity contribution in [2.45, 2.75) is 13.3 Å². The molecule has 60 valence electrons. The highest BCUT2D eigenvalue weighted by Gasteiger charge is 2.11. The van der Waals surface area contributed by atoms with Crippen molar-refractivity contribution in [3.63, 3.8) is 0 Å². The van der Waals surface area contributed by atoms with Crippen molar-refractivity contribution in [2.75, 3.05) is 13.6 Å². The van der Waals surface area contributed by atoms with Gasteiger partial charge in [0.25, 0.3) is 0 Å². The van der Waals surface area contributed by atoms with Crippen molar-refractivity contribution in [1.82, 2.24) is 4.90 Å². The van der Waals surface area contributed by atoms with Crippen LogP contribution in [0.4, 0.5) is 0 Å². The van der Waals surface area contributed by atoms with Crippen molar-refractivity contribution in [3.8, 4) is 0 Å². The van der Waals surface area contributed by atoms with E-state index in [1.54, 1.807) is 0 Å². The van der Waals surface area contributed by atoms with Crippen LogP contribution in [-0.2, 0) is 0 Å². The van der Waals surface area contributed by atoms with Gasteiger partial charge in [0.05, 0.1) is 0 Å². The largest absolute Gasteiger partial charge is 0.378 e. The van der Waals surface area contributed by atoms with E-state index < -0.39 is 0 Å². The Kier molecular flexibility index (Phi) is 2.53. The van der Waals surface area contributed by atoms with Crippen LogP contribution in [0.15, 0.2) is 36.1 Å². The molecule has 0 unspecified atom stereocenters. The van der Waals surface area contributed by atoms with E-state index in [-0.39, 0.29) is 0 Å². The zero-order chi connectivity index (χ0) is 8.27. The summed E-state index contributed by atoms with van der Waals surface area (Å²) in [6.07, 6.45) is 7.13. The Morgan fingerprint density at radius 1 is 1.55 bits per heavy atom. The van der Waals surface area contributed by atoms with Crippen LogP contribution in [-0.4, -0.2) is 18.5 Å². The molecule has 0 aliphatic carbocycles. The summed E-state index contributed by atoms with van der Waals surface area (Å²) in [4.78, 5) is 2.28. The molecule has 1 heterocycles. The highest BCUT2D eigenvalue weighted by Crippen LogP contribution is 2.21. The van der Waals surface area contributed by atoms with E-state index in [0.717, 1.165) is 6.54 Å². The van der Waals surface area contributed by atoms with E-state index >= 15 is 0 Å². The molecule has 0 aromatic carbocycles. The SMILES string of the molecule is C=C/C=C\C1=C(C)N(C)CC1. The molecule has 0 bridgehead atoms. The Labute approximate surface area is 68.7 Å². The second-order valence-electron chi connectivity index (χ2n) is 2.88. The van der Waals surface area contributed by atoms with Crippen LogP contribution in [0, 0.1) is 0 Å². The lowest BCUT2D eigenvalue weighted by Gasteiger charge is -2.10. The van der Waals surface area contributed by atoms with Gasteiger partial charge in [-0.05, 0) is 18.9 Å². The molecule has 1 heteroatoms. The summed E-state index contributed by atoms with van der Waals surface area (Å²) in [6.45, 7) is 6.96. The molecule has 1 rings (SSSR count). The molecule has 0 spiro atoms. The van der Waals surface area contributed by atoms with E-state index in [1.165, 1.54) is 17.7 Å². The highest BCUT2D eigenvalue weighted by molar-refractivity contribution is 5.29. The lowest BCUT2D eigenvalue weighted by Crippen LogP contribution is -2.10. The van der Waals surface area contributed by atoms with Crippen LogP contribution >= 0.6 is 0 Å². The lowest BCUT2D eigenvalue weighted by molar-refractivity contribution is 0.460. The average Bonchev–Trinajstić information content (AvgIpc) is 2.31. The number of allylic oxidation sites excluding steroid dienone is 4. The van der Waals surface area contributed by atoms with Crippen molar-refractivity contribution < 1.29 is 0 Å². The van der Waals surface area contributed by atoms with E-state index in [0.29, 0.717) is 0 Å². The maximum atomic E-state index is 3.64. The first-order valence-electron chi connectivity index (χ1n) is 3.95. The standard InChI is InChI=1S/C10H15N/c1-4-5-6-10-7-8-11(3)9(10)2/h4-6H,1,7-8H2,2-3H3/b6-5-. The molecule has 0 fully saturated rings. The molecule has 0 saturated carbocycles. The number of hydrogen-bond acceptors (Lipinski definition) is 1. The second-order valence-corrected chi connectivity index (χ2v) is 2.88. The third-order valence-corrected chi connectivity index (χ3v) is 2.19. The first-order valence-corrected chi connectivity index (χ1v) is 3.95. The van der Waals surface area contributed by atoms with Crippen LogP contribution in [0.25, 0.3) is 0 Å². The predicted octanol–water partition coefficient (Wildman–Crippen LogP) is 2.34. The van der Waals surface area contributed by atoms with E-state index in [9.17, 15) is 0 Å². The van der Waals surface area contributed by atoms with Gasteiger partial charge < -0.3 is 4.90 Å². The van der Waals surface area contributed by atoms with Crippen molar-refractivity contribution in [2.24, 2.45) is 0 Å². The normalized spacial score (nSPS) is 18.5. The molecule has 0 aromatic rings. The smallest absolute Gasteiger partial charge is 0.0212 e. The summed E-state index contributed by atoms with van der Waals surface area (Å²) in [5, 5.41) is 0. The van der Waals surface area contributed by atoms with Crippen molar-refractivity contribution in [1.29, 1.82) is 0 Å². The minimum atomic E-state index is 1.16. The first kappa shape index (κ1) is 8.12. The molecule has 0 atom stereocenters. The Morgan fingerprint density at radius 3 is 2.73 bits per heavy atom. The fourth-order valence-electron chi connectivity index (χ4n) is 1.27. The summed E-state index contributed by atoms with van der Waals surface area (Å²) in [5.41, 5.74) is 2.83. The fraction of sp³-hybridized carbons (Fsp3) is 0.400. The molecule has 0 saturated heterocycles. The van der Waals surface area contributed by atoms with Gasteiger partial charge in [-0.15, -0.1) is 0 Å². The topological polar surface area (TPSA) is 3.24 Å². The first-order chi connectivity index (χ1) is 5.25. The highest BCUT2D eigenvalue weighted by atomic mass is 15.1. The Bertz CT molecular complexity index is 211. The van der Waals surface area contributed by atoms with E-state index in [1.807, 2.05) is 12.2 Å². The van der Waals surface area contributed by atoms with Gasteiger partial charge in [0.15, 0.2) is 0 Å². The van der Waals surface area contributed by atoms with Crippen molar-refractivity contribution in [3.05, 3.63) is 36.1 Å². The van der Waals surface area contributed by atoms with Crippen LogP contribution in [0.2, 0.25) is 0 Å². The molecule has 0 amide bonds. The quantitative estimate of drug-likeness (QED) is 0.545. The summed E-state index contributed by atoms with van der Waals surface area (Å²) >= 11 is 0. The number of rotatable bonds is 2. The molecule has 1 aliphatic rings. The summed E-state index contributed by atoms with van der Waals surface area (Å²) < 4.78 is 0. The van der Waals surface area contributed by atoms with E-state index in [4.69, 9.17) is 0 Å². The van der Waals surface area contributed by atoms with Crippen LogP contribution in [0.1, 0.15) is 13.3 Å². The predicted molar refractivity (Wildman–Crippen MR) is 49.3 cm³/mol. The lowest BCUT2D eigenvalue weighted by atomic mass is 10.2. The van der Waals surface area contributed by atoms with Gasteiger partial charge in [-0.1, -0.05) is 24.8 Å². The Hall–Kier alpha value is -0.980. The second kappa shape index (κ2) is 3.42. The van der Waals surface area contributed by atoms with Crippen LogP contribution in [0.3, 0.4) is 0 Å². The zero-order valence-corrected chi connectivity index (χ0v) is 7.30. The maximum Gasteiger partial charge on any atom is 0.0212 e. The van der Waals surface area contributed by atoms with Crippen molar-refractivity contribution >= 4 is 0 Å². The molecular weight excluding hydrogens is 134 g/mol. The molecular formula is C10H15N. The minimum absolute atomic E-state index is 1.16. The molecule has 1 nitrogen and oxygen atoms in total. The molecule has 0 radical (unpaired) electrons. The Morgan fingerprint density at radius 2 is 2.27 bits per heavy atom. The third-order valence-electron chi connectivity index (χ3n) is 2.19. The summed E-state index contributed by atoms with van der Waals surface area (Å²) in [6, 6.07) is 0. The minimum Gasteiger partial charge on any atom is -0.378 e. The van der Waals surface area contributed by atoms with Crippen LogP contribution < -0.4 is 0 Å². The number of nitrogens with zero attached hydrogens (tertiary/aromatic N) is 1. The van der Waals surface area contributed by atoms with Crippen LogP contribution in [0.5, 0.6) is 0 Å². The van der Waals surface area contributed by atoms with Gasteiger partial charge in [-0.25, -0.2) is 0 Å². The molecule has 11 heavy (non-hydrogen) atoms. The van der Waals surface area contributed by atoms with Gasteiger partial charge in [-0.3, -0.25) is 0 Å². The van der Waals surface area contributed by atoms with Gasteiger partial charge >= 0.3 is 0 Å². The fourth-order valence-corrected chi connectivity index (χ4v) is 1.27. The summed E-state index contributed by atoms with van der Waals surface area (Å²) in [7, 11) is 2.13. The number of hydrogen-bond donors (Lipinski definition) is 0. The van der Waals surface area contributed by atoms with Gasteiger partial charge in [0, 0.05) is 19.3 Å². The zero-order valence-electron chi connectivity index (χ0n) is 7.30. The summed E-state index contributed by atoms with van der Waals surface area (Å²) in [5.74, 6) is 0. The van der Waals surface area contributed by atoms with Gasteiger partial charge in [0.1, 0.15) is 0 Å². The van der Waals surface area contributed by atoms with Gasteiger partial charge in [-0.2, -0.15) is 0 Å². The maximum absolute atomic E-state index is 3.64. The monoisotopic (exact) mass is 149 g/mol. The average molecular weight is 149 g/mol.